The van der Waals surface area contributed by atoms with E-state index in [1.165, 1.54) is 6.07 Å². The molecule has 3 aromatic carbocycles. The lowest BCUT2D eigenvalue weighted by molar-refractivity contribution is -0.0544. The lowest BCUT2D eigenvalue weighted by Crippen LogP contribution is -2.06. The summed E-state index contributed by atoms with van der Waals surface area (Å²) in [6.45, 7) is -0.868. The molecule has 0 fully saturated rings. The highest BCUT2D eigenvalue weighted by Crippen LogP contribution is 2.33. The molecule has 0 aliphatic carbocycles. The fourth-order valence-electron chi connectivity index (χ4n) is 2.60. The highest BCUT2D eigenvalue weighted by Gasteiger charge is 2.19. The van der Waals surface area contributed by atoms with Crippen LogP contribution in [0, 0.1) is 11.6 Å². The van der Waals surface area contributed by atoms with Gasteiger partial charge in [0.15, 0.2) is 17.4 Å². The zero-order valence-corrected chi connectivity index (χ0v) is 13.2. The van der Waals surface area contributed by atoms with Crippen LogP contribution in [0.15, 0.2) is 48.5 Å². The number of rotatable bonds is 5. The summed E-state index contributed by atoms with van der Waals surface area (Å²) in [5, 5.41) is 0.259. The van der Waals surface area contributed by atoms with Crippen molar-refractivity contribution in [3.63, 3.8) is 0 Å². The largest absolute Gasteiger partial charge is 0.494 e. The Kier molecular flexibility index (Phi) is 4.79. The molecule has 0 aromatic heterocycles. The van der Waals surface area contributed by atoms with E-state index in [1.54, 1.807) is 24.3 Å². The second-order valence-corrected chi connectivity index (χ2v) is 5.27. The van der Waals surface area contributed by atoms with E-state index in [2.05, 4.69) is 4.74 Å². The molecule has 0 heterocycles. The van der Waals surface area contributed by atoms with Gasteiger partial charge in [-0.15, -0.1) is 0 Å². The molecular weight excluding hydrogens is 336 g/mol. The Morgan fingerprint density at radius 1 is 0.920 bits per heavy atom. The Labute approximate surface area is 141 Å². The Morgan fingerprint density at radius 3 is 2.24 bits per heavy atom. The first kappa shape index (κ1) is 17.1. The monoisotopic (exact) mass is 350 g/mol. The Bertz CT molecular complexity index is 892. The van der Waals surface area contributed by atoms with E-state index in [-0.39, 0.29) is 10.8 Å². The molecule has 6 heteroatoms. The maximum atomic E-state index is 14.2. The molecule has 2 nitrogen and oxygen atoms in total. The number of fused-ring (bicyclic) bond motifs is 1. The predicted molar refractivity (Wildman–Crippen MR) is 87.1 cm³/mol. The molecule has 0 bridgehead atoms. The highest BCUT2D eigenvalue weighted by atomic mass is 19.3. The summed E-state index contributed by atoms with van der Waals surface area (Å²) in [6, 6.07) is 12.9. The molecule has 0 aliphatic heterocycles. The summed E-state index contributed by atoms with van der Waals surface area (Å²) in [5.74, 6) is -2.67. The van der Waals surface area contributed by atoms with E-state index < -0.39 is 24.0 Å². The van der Waals surface area contributed by atoms with Crippen molar-refractivity contribution in [2.45, 2.75) is 13.5 Å². The van der Waals surface area contributed by atoms with Gasteiger partial charge in [0.05, 0.1) is 6.61 Å². The van der Waals surface area contributed by atoms with Crippen LogP contribution in [0.2, 0.25) is 0 Å². The summed E-state index contributed by atoms with van der Waals surface area (Å²) in [5.41, 5.74) is 1.57. The van der Waals surface area contributed by atoms with Gasteiger partial charge in [-0.25, -0.2) is 8.78 Å². The van der Waals surface area contributed by atoms with Gasteiger partial charge in [-0.3, -0.25) is 0 Å². The number of halogens is 4. The minimum atomic E-state index is -3.30. The van der Waals surface area contributed by atoms with Crippen LogP contribution in [-0.4, -0.2) is 13.2 Å². The topological polar surface area (TPSA) is 18.5 Å². The average molecular weight is 350 g/mol. The lowest BCUT2D eigenvalue weighted by Gasteiger charge is -2.11. The van der Waals surface area contributed by atoms with E-state index >= 15 is 0 Å². The Balaban J connectivity index is 2.02. The van der Waals surface area contributed by atoms with Crippen LogP contribution in [0.25, 0.3) is 21.9 Å². The van der Waals surface area contributed by atoms with E-state index in [4.69, 9.17) is 4.74 Å². The predicted octanol–water partition coefficient (Wildman–Crippen LogP) is 5.79. The van der Waals surface area contributed by atoms with E-state index in [0.29, 0.717) is 6.61 Å². The van der Waals surface area contributed by atoms with Crippen molar-refractivity contribution < 1.29 is 27.0 Å². The first-order valence-corrected chi connectivity index (χ1v) is 7.59. The fourth-order valence-corrected chi connectivity index (χ4v) is 2.60. The molecule has 3 rings (SSSR count). The molecule has 0 aliphatic rings. The molecule has 0 amide bonds. The number of hydrogen-bond donors (Lipinski definition) is 0. The summed E-state index contributed by atoms with van der Waals surface area (Å²) >= 11 is 0. The molecule has 130 valence electrons. The van der Waals surface area contributed by atoms with E-state index in [0.717, 1.165) is 22.9 Å². The normalized spacial score (nSPS) is 11.1. The minimum absolute atomic E-state index is 0.00624. The van der Waals surface area contributed by atoms with E-state index in [9.17, 15) is 17.6 Å². The number of hydrogen-bond acceptors (Lipinski definition) is 2. The third-order valence-electron chi connectivity index (χ3n) is 3.69. The van der Waals surface area contributed by atoms with Crippen LogP contribution in [0.4, 0.5) is 17.6 Å². The van der Waals surface area contributed by atoms with Crippen molar-refractivity contribution in [3.8, 4) is 22.6 Å². The molecule has 0 radical (unpaired) electrons. The van der Waals surface area contributed by atoms with Gasteiger partial charge in [0.25, 0.3) is 0 Å². The zero-order valence-electron chi connectivity index (χ0n) is 13.2. The Morgan fingerprint density at radius 2 is 1.60 bits per heavy atom. The first-order valence-electron chi connectivity index (χ1n) is 7.59. The molecule has 0 saturated carbocycles. The summed E-state index contributed by atoms with van der Waals surface area (Å²) in [6.07, 6.45) is 0. The number of ether oxygens (including phenoxy) is 2. The van der Waals surface area contributed by atoms with Crippen molar-refractivity contribution in [3.05, 3.63) is 60.2 Å². The van der Waals surface area contributed by atoms with Crippen LogP contribution >= 0.6 is 0 Å². The Hall–Kier alpha value is -2.76. The molecule has 0 unspecified atom stereocenters. The molecule has 0 spiro atoms. The van der Waals surface area contributed by atoms with Gasteiger partial charge in [0.1, 0.15) is 5.75 Å². The maximum absolute atomic E-state index is 14.2. The zero-order chi connectivity index (χ0) is 18.0. The first-order chi connectivity index (χ1) is 12.0. The maximum Gasteiger partial charge on any atom is 0.387 e. The fraction of sp³-hybridized carbons (Fsp3) is 0.158. The second kappa shape index (κ2) is 7.01. The number of alkyl halides is 2. The standard InChI is InChI=1S/C19H14F4O2/c1-2-24-14-6-3-11(4-7-14)12-5-8-15-13(9-12)10-16(20)18(17(15)21)25-19(22)23/h3-10,19H,2H2,1H3. The lowest BCUT2D eigenvalue weighted by atomic mass is 10.0. The molecule has 0 N–H and O–H groups in total. The van der Waals surface area contributed by atoms with Crippen LogP contribution in [0.3, 0.4) is 0 Å². The van der Waals surface area contributed by atoms with Crippen molar-refractivity contribution in [2.75, 3.05) is 6.61 Å². The van der Waals surface area contributed by atoms with Gasteiger partial charge in [0.2, 0.25) is 0 Å². The van der Waals surface area contributed by atoms with E-state index in [1.807, 2.05) is 19.1 Å². The van der Waals surface area contributed by atoms with Crippen molar-refractivity contribution >= 4 is 10.8 Å². The molecule has 3 aromatic rings. The quantitative estimate of drug-likeness (QED) is 0.543. The summed E-state index contributed by atoms with van der Waals surface area (Å²) in [7, 11) is 0. The van der Waals surface area contributed by atoms with Gasteiger partial charge in [-0.1, -0.05) is 24.3 Å². The van der Waals surface area contributed by atoms with Crippen molar-refractivity contribution in [2.24, 2.45) is 0 Å². The molecule has 0 saturated heterocycles. The molecule has 0 atom stereocenters. The molecule has 25 heavy (non-hydrogen) atoms. The highest BCUT2D eigenvalue weighted by molar-refractivity contribution is 5.89. The minimum Gasteiger partial charge on any atom is -0.494 e. The molecular formula is C19H14F4O2. The van der Waals surface area contributed by atoms with Gasteiger partial charge >= 0.3 is 6.61 Å². The second-order valence-electron chi connectivity index (χ2n) is 5.27. The van der Waals surface area contributed by atoms with Gasteiger partial charge in [-0.2, -0.15) is 8.78 Å². The average Bonchev–Trinajstić information content (AvgIpc) is 2.59. The third-order valence-corrected chi connectivity index (χ3v) is 3.69. The SMILES string of the molecule is CCOc1ccc(-c2ccc3c(F)c(OC(F)F)c(F)cc3c2)cc1. The number of benzene rings is 3. The summed E-state index contributed by atoms with van der Waals surface area (Å²) < 4.78 is 62.0. The van der Waals surface area contributed by atoms with Crippen LogP contribution < -0.4 is 9.47 Å². The van der Waals surface area contributed by atoms with Crippen LogP contribution in [-0.2, 0) is 0 Å². The summed E-state index contributed by atoms with van der Waals surface area (Å²) in [4.78, 5) is 0. The van der Waals surface area contributed by atoms with Gasteiger partial charge < -0.3 is 9.47 Å². The smallest absolute Gasteiger partial charge is 0.387 e. The van der Waals surface area contributed by atoms with Crippen molar-refractivity contribution in [1.29, 1.82) is 0 Å². The van der Waals surface area contributed by atoms with Crippen LogP contribution in [0.5, 0.6) is 11.5 Å². The van der Waals surface area contributed by atoms with Crippen molar-refractivity contribution in [1.82, 2.24) is 0 Å². The third kappa shape index (κ3) is 3.52. The van der Waals surface area contributed by atoms with Crippen LogP contribution in [0.1, 0.15) is 6.92 Å². The van der Waals surface area contributed by atoms with Gasteiger partial charge in [-0.05, 0) is 47.7 Å². The van der Waals surface area contributed by atoms with Gasteiger partial charge in [0, 0.05) is 5.39 Å².